The van der Waals surface area contributed by atoms with Crippen LogP contribution in [-0.4, -0.2) is 27.7 Å². The SMILES string of the molecule is COc1ccc([C@@H]2CC(=O)Nc3c2ncn3-c2ccc(C(F)(F)F)cc2)cc1O. The number of nitrogens with one attached hydrogen (secondary N) is 1. The number of hydrogen-bond acceptors (Lipinski definition) is 4. The van der Waals surface area contributed by atoms with Crippen molar-refractivity contribution in [3.8, 4) is 17.2 Å². The number of phenolic OH excluding ortho intramolecular Hbond substituents is 1. The van der Waals surface area contributed by atoms with Crippen LogP contribution in [0.2, 0.25) is 0 Å². The second-order valence-electron chi connectivity index (χ2n) is 6.63. The Balaban J connectivity index is 1.74. The highest BCUT2D eigenvalue weighted by atomic mass is 19.4. The van der Waals surface area contributed by atoms with E-state index < -0.39 is 17.7 Å². The molecule has 1 aliphatic heterocycles. The van der Waals surface area contributed by atoms with Crippen molar-refractivity contribution in [2.75, 3.05) is 12.4 Å². The first-order valence-corrected chi connectivity index (χ1v) is 8.69. The summed E-state index contributed by atoms with van der Waals surface area (Å²) in [6, 6.07) is 9.45. The second kappa shape index (κ2) is 6.84. The van der Waals surface area contributed by atoms with Gasteiger partial charge in [-0.05, 0) is 42.0 Å². The maximum atomic E-state index is 12.8. The summed E-state index contributed by atoms with van der Waals surface area (Å²) in [5, 5.41) is 12.8. The third-order valence-corrected chi connectivity index (χ3v) is 4.85. The van der Waals surface area contributed by atoms with E-state index in [1.807, 2.05) is 0 Å². The predicted molar refractivity (Wildman–Crippen MR) is 98.3 cm³/mol. The maximum absolute atomic E-state index is 12.8. The van der Waals surface area contributed by atoms with E-state index in [1.54, 1.807) is 12.1 Å². The quantitative estimate of drug-likeness (QED) is 0.691. The number of carbonyl (C=O) groups is 1. The molecular formula is C20H16F3N3O3. The lowest BCUT2D eigenvalue weighted by atomic mass is 9.89. The third kappa shape index (κ3) is 3.39. The number of amides is 1. The van der Waals surface area contributed by atoms with Crippen molar-refractivity contribution in [2.45, 2.75) is 18.5 Å². The molecule has 2 heterocycles. The van der Waals surface area contributed by atoms with E-state index in [9.17, 15) is 23.1 Å². The number of anilines is 1. The topological polar surface area (TPSA) is 76.4 Å². The van der Waals surface area contributed by atoms with Crippen LogP contribution in [0.1, 0.15) is 29.2 Å². The molecule has 2 aromatic carbocycles. The van der Waals surface area contributed by atoms with E-state index >= 15 is 0 Å². The number of alkyl halides is 3. The van der Waals surface area contributed by atoms with E-state index in [-0.39, 0.29) is 18.1 Å². The number of nitrogens with zero attached hydrogens (tertiary/aromatic N) is 2. The highest BCUT2D eigenvalue weighted by Gasteiger charge is 2.32. The van der Waals surface area contributed by atoms with Gasteiger partial charge >= 0.3 is 6.18 Å². The smallest absolute Gasteiger partial charge is 0.416 e. The largest absolute Gasteiger partial charge is 0.504 e. The molecule has 4 rings (SSSR count). The molecule has 6 nitrogen and oxygen atoms in total. The first-order chi connectivity index (χ1) is 13.8. The van der Waals surface area contributed by atoms with Crippen LogP contribution in [0.25, 0.3) is 5.69 Å². The molecule has 29 heavy (non-hydrogen) atoms. The van der Waals surface area contributed by atoms with Crippen LogP contribution in [0, 0.1) is 0 Å². The van der Waals surface area contributed by atoms with E-state index in [0.717, 1.165) is 12.1 Å². The minimum atomic E-state index is -4.43. The maximum Gasteiger partial charge on any atom is 0.416 e. The third-order valence-electron chi connectivity index (χ3n) is 4.85. The van der Waals surface area contributed by atoms with Gasteiger partial charge in [0.15, 0.2) is 11.5 Å². The molecule has 1 amide bonds. The van der Waals surface area contributed by atoms with Gasteiger partial charge in [0.1, 0.15) is 12.1 Å². The summed E-state index contributed by atoms with van der Waals surface area (Å²) in [6.07, 6.45) is -2.85. The fraction of sp³-hybridized carbons (Fsp3) is 0.200. The van der Waals surface area contributed by atoms with E-state index in [2.05, 4.69) is 10.3 Å². The van der Waals surface area contributed by atoms with Gasteiger partial charge in [0, 0.05) is 18.0 Å². The predicted octanol–water partition coefficient (Wildman–Crippen LogP) is 4.08. The second-order valence-corrected chi connectivity index (χ2v) is 6.63. The Morgan fingerprint density at radius 1 is 1.21 bits per heavy atom. The molecule has 1 atom stereocenters. The number of halogens is 3. The Morgan fingerprint density at radius 2 is 1.93 bits per heavy atom. The highest BCUT2D eigenvalue weighted by Crippen LogP contribution is 2.40. The molecule has 1 aromatic heterocycles. The Hall–Kier alpha value is -3.49. The molecule has 9 heteroatoms. The van der Waals surface area contributed by atoms with Crippen molar-refractivity contribution < 1.29 is 27.8 Å². The fourth-order valence-electron chi connectivity index (χ4n) is 3.41. The van der Waals surface area contributed by atoms with Crippen molar-refractivity contribution >= 4 is 11.7 Å². The van der Waals surface area contributed by atoms with Crippen LogP contribution in [0.3, 0.4) is 0 Å². The van der Waals surface area contributed by atoms with Gasteiger partial charge in [0.2, 0.25) is 5.91 Å². The minimum Gasteiger partial charge on any atom is -0.504 e. The van der Waals surface area contributed by atoms with Crippen LogP contribution in [0.5, 0.6) is 11.5 Å². The van der Waals surface area contributed by atoms with Gasteiger partial charge in [0.25, 0.3) is 0 Å². The van der Waals surface area contributed by atoms with Crippen LogP contribution in [-0.2, 0) is 11.0 Å². The number of carbonyl (C=O) groups excluding carboxylic acids is 1. The molecule has 150 valence electrons. The molecule has 3 aromatic rings. The highest BCUT2D eigenvalue weighted by molar-refractivity contribution is 5.94. The first-order valence-electron chi connectivity index (χ1n) is 8.69. The van der Waals surface area contributed by atoms with Gasteiger partial charge in [-0.2, -0.15) is 13.2 Å². The molecule has 1 aliphatic rings. The van der Waals surface area contributed by atoms with Gasteiger partial charge in [-0.25, -0.2) is 4.98 Å². The summed E-state index contributed by atoms with van der Waals surface area (Å²) in [7, 11) is 1.44. The average molecular weight is 403 g/mol. The summed E-state index contributed by atoms with van der Waals surface area (Å²) in [6.45, 7) is 0. The number of benzene rings is 2. The zero-order valence-electron chi connectivity index (χ0n) is 15.2. The van der Waals surface area contributed by atoms with Crippen molar-refractivity contribution in [1.29, 1.82) is 0 Å². The molecule has 0 unspecified atom stereocenters. The summed E-state index contributed by atoms with van der Waals surface area (Å²) in [5.41, 5.74) is 0.919. The van der Waals surface area contributed by atoms with Crippen molar-refractivity contribution in [3.63, 3.8) is 0 Å². The lowest BCUT2D eigenvalue weighted by Gasteiger charge is -2.23. The van der Waals surface area contributed by atoms with Gasteiger partial charge in [-0.3, -0.25) is 9.36 Å². The van der Waals surface area contributed by atoms with E-state index in [1.165, 1.54) is 36.2 Å². The number of aromatic hydroxyl groups is 1. The lowest BCUT2D eigenvalue weighted by molar-refractivity contribution is -0.137. The molecule has 0 saturated carbocycles. The number of rotatable bonds is 3. The van der Waals surface area contributed by atoms with Crippen molar-refractivity contribution in [3.05, 3.63) is 65.6 Å². The zero-order valence-corrected chi connectivity index (χ0v) is 15.2. The molecule has 0 aliphatic carbocycles. The first kappa shape index (κ1) is 18.9. The summed E-state index contributed by atoms with van der Waals surface area (Å²) in [4.78, 5) is 16.7. The summed E-state index contributed by atoms with van der Waals surface area (Å²) < 4.78 is 45.0. The van der Waals surface area contributed by atoms with E-state index in [0.29, 0.717) is 28.5 Å². The minimum absolute atomic E-state index is 0.0558. The molecule has 2 N–H and O–H groups in total. The van der Waals surface area contributed by atoms with Crippen LogP contribution < -0.4 is 10.1 Å². The summed E-state index contributed by atoms with van der Waals surface area (Å²) in [5.74, 6) is -0.0248. The van der Waals surface area contributed by atoms with Gasteiger partial charge < -0.3 is 15.2 Å². The monoisotopic (exact) mass is 403 g/mol. The Labute approximate surface area is 163 Å². The Bertz CT molecular complexity index is 1070. The molecule has 0 saturated heterocycles. The normalized spacial score (nSPS) is 16.3. The Morgan fingerprint density at radius 3 is 2.55 bits per heavy atom. The number of fused-ring (bicyclic) bond motifs is 1. The zero-order chi connectivity index (χ0) is 20.8. The van der Waals surface area contributed by atoms with Gasteiger partial charge in [-0.1, -0.05) is 6.07 Å². The molecule has 0 radical (unpaired) electrons. The standard InChI is InChI=1S/C20H16F3N3O3/c1-29-16-7-2-11(8-15(16)27)14-9-17(28)25-19-18(14)24-10-26(19)13-5-3-12(4-6-13)20(21,22)23/h2-8,10,14,27H,9H2,1H3,(H,25,28)/t14-/m0/s1. The number of hydrogen-bond donors (Lipinski definition) is 2. The average Bonchev–Trinajstić information content (AvgIpc) is 3.10. The van der Waals surface area contributed by atoms with Gasteiger partial charge in [-0.15, -0.1) is 0 Å². The fourth-order valence-corrected chi connectivity index (χ4v) is 3.41. The lowest BCUT2D eigenvalue weighted by Crippen LogP contribution is -2.24. The summed E-state index contributed by atoms with van der Waals surface area (Å²) >= 11 is 0. The number of methoxy groups -OCH3 is 1. The number of imidazole rings is 1. The van der Waals surface area contributed by atoms with Crippen LogP contribution >= 0.6 is 0 Å². The number of aromatic nitrogens is 2. The van der Waals surface area contributed by atoms with E-state index in [4.69, 9.17) is 4.74 Å². The molecule has 0 fully saturated rings. The molecule has 0 spiro atoms. The van der Waals surface area contributed by atoms with Crippen molar-refractivity contribution in [1.82, 2.24) is 9.55 Å². The molecule has 0 bridgehead atoms. The Kier molecular flexibility index (Phi) is 4.45. The number of ether oxygens (including phenoxy) is 1. The molecular weight excluding hydrogens is 387 g/mol. The van der Waals surface area contributed by atoms with Crippen LogP contribution in [0.4, 0.5) is 19.0 Å². The van der Waals surface area contributed by atoms with Crippen molar-refractivity contribution in [2.24, 2.45) is 0 Å². The van der Waals surface area contributed by atoms with Crippen LogP contribution in [0.15, 0.2) is 48.8 Å². The van der Waals surface area contributed by atoms with Gasteiger partial charge in [0.05, 0.1) is 18.4 Å². The number of phenols is 1.